The molecule has 0 radical (unpaired) electrons. The summed E-state index contributed by atoms with van der Waals surface area (Å²) in [4.78, 5) is 37.5. The third kappa shape index (κ3) is 5.67. The molecule has 1 saturated heterocycles. The Morgan fingerprint density at radius 3 is 2.59 bits per heavy atom. The second kappa shape index (κ2) is 10.4. The van der Waals surface area contributed by atoms with Crippen molar-refractivity contribution in [2.75, 3.05) is 0 Å². The fourth-order valence-electron chi connectivity index (χ4n) is 3.28. The van der Waals surface area contributed by atoms with Gasteiger partial charge in [0.2, 0.25) is 0 Å². The smallest absolute Gasteiger partial charge is 0.293 e. The number of nitro benzene ring substituents is 1. The van der Waals surface area contributed by atoms with Gasteiger partial charge in [-0.25, -0.2) is 0 Å². The molecule has 0 unspecified atom stereocenters. The number of hydrogen-bond acceptors (Lipinski definition) is 6. The Kier molecular flexibility index (Phi) is 7.35. The Labute approximate surface area is 212 Å². The predicted molar refractivity (Wildman–Crippen MR) is 135 cm³/mol. The number of thioether (sulfide) groups is 1. The highest BCUT2D eigenvalue weighted by atomic mass is 79.9. The molecule has 1 aliphatic rings. The van der Waals surface area contributed by atoms with E-state index in [0.29, 0.717) is 21.9 Å². The fraction of sp³-hybridized carbons (Fsp3) is 0.0833. The maximum Gasteiger partial charge on any atom is 0.293 e. The molecule has 0 atom stereocenters. The molecule has 172 valence electrons. The number of hydrogen-bond donors (Lipinski definition) is 0. The maximum absolute atomic E-state index is 13.0. The molecule has 0 N–H and O–H groups in total. The van der Waals surface area contributed by atoms with Gasteiger partial charge >= 0.3 is 0 Å². The lowest BCUT2D eigenvalue weighted by Crippen LogP contribution is -2.27. The van der Waals surface area contributed by atoms with E-state index in [0.717, 1.165) is 21.8 Å². The van der Waals surface area contributed by atoms with Crippen LogP contribution in [0.25, 0.3) is 6.08 Å². The van der Waals surface area contributed by atoms with Crippen LogP contribution in [0.1, 0.15) is 16.7 Å². The Bertz CT molecular complexity index is 1330. The average molecular weight is 560 g/mol. The second-order valence-electron chi connectivity index (χ2n) is 7.30. The van der Waals surface area contributed by atoms with Crippen LogP contribution in [-0.2, 0) is 17.9 Å². The van der Waals surface area contributed by atoms with Crippen LogP contribution in [0.4, 0.5) is 10.5 Å². The molecule has 2 amide bonds. The third-order valence-corrected chi connectivity index (χ3v) is 6.51. The highest BCUT2D eigenvalue weighted by molar-refractivity contribution is 9.10. The number of halogens is 2. The lowest BCUT2D eigenvalue weighted by atomic mass is 10.1. The van der Waals surface area contributed by atoms with Crippen molar-refractivity contribution >= 4 is 62.2 Å². The van der Waals surface area contributed by atoms with Crippen LogP contribution in [0.5, 0.6) is 5.75 Å². The quantitative estimate of drug-likeness (QED) is 0.179. The largest absolute Gasteiger partial charge is 0.488 e. The van der Waals surface area contributed by atoms with Gasteiger partial charge in [-0.15, -0.1) is 0 Å². The van der Waals surface area contributed by atoms with E-state index < -0.39 is 10.8 Å². The highest BCUT2D eigenvalue weighted by Gasteiger charge is 2.35. The van der Waals surface area contributed by atoms with Gasteiger partial charge in [0.05, 0.1) is 16.4 Å². The predicted octanol–water partition coefficient (Wildman–Crippen LogP) is 6.83. The van der Waals surface area contributed by atoms with Crippen LogP contribution in [0.15, 0.2) is 76.1 Å². The molecule has 7 nitrogen and oxygen atoms in total. The number of imide groups is 1. The molecule has 0 bridgehead atoms. The van der Waals surface area contributed by atoms with Crippen LogP contribution >= 0.6 is 39.3 Å². The first-order valence-corrected chi connectivity index (χ1v) is 11.9. The van der Waals surface area contributed by atoms with Crippen LogP contribution in [0, 0.1) is 10.1 Å². The minimum Gasteiger partial charge on any atom is -0.488 e. The third-order valence-electron chi connectivity index (χ3n) is 4.88. The standard InChI is InChI=1S/C24H16BrClN2O5S/c25-18-7-8-21(33-14-16-4-2-6-20(10-16)28(31)32)17(11-18)12-22-23(29)27(24(30)34-22)13-15-3-1-5-19(26)9-15/h1-12H,13-14H2/b22-12-. The molecular formula is C24H16BrClN2O5S. The van der Waals surface area contributed by atoms with Crippen molar-refractivity contribution in [1.82, 2.24) is 4.90 Å². The molecule has 0 saturated carbocycles. The van der Waals surface area contributed by atoms with E-state index >= 15 is 0 Å². The lowest BCUT2D eigenvalue weighted by Gasteiger charge is -2.13. The molecule has 3 aromatic carbocycles. The van der Waals surface area contributed by atoms with Crippen LogP contribution in [0.3, 0.4) is 0 Å². The number of nitro groups is 1. The lowest BCUT2D eigenvalue weighted by molar-refractivity contribution is -0.384. The van der Waals surface area contributed by atoms with Crippen molar-refractivity contribution < 1.29 is 19.2 Å². The van der Waals surface area contributed by atoms with Gasteiger partial charge in [0, 0.05) is 27.2 Å². The summed E-state index contributed by atoms with van der Waals surface area (Å²) in [7, 11) is 0. The minimum atomic E-state index is -0.464. The topological polar surface area (TPSA) is 89.7 Å². The van der Waals surface area contributed by atoms with E-state index in [4.69, 9.17) is 16.3 Å². The van der Waals surface area contributed by atoms with Crippen LogP contribution < -0.4 is 4.74 Å². The summed E-state index contributed by atoms with van der Waals surface area (Å²) in [5.74, 6) is 0.0657. The van der Waals surface area contributed by atoms with E-state index in [1.807, 2.05) is 0 Å². The minimum absolute atomic E-state index is 0.0227. The normalized spacial score (nSPS) is 14.6. The number of carbonyl (C=O) groups excluding carboxylic acids is 2. The molecule has 10 heteroatoms. The summed E-state index contributed by atoms with van der Waals surface area (Å²) < 4.78 is 6.66. The van der Waals surface area contributed by atoms with Gasteiger partial charge in [-0.2, -0.15) is 0 Å². The molecule has 1 heterocycles. The molecular weight excluding hydrogens is 544 g/mol. The van der Waals surface area contributed by atoms with Crippen LogP contribution in [0.2, 0.25) is 5.02 Å². The van der Waals surface area contributed by atoms with Gasteiger partial charge in [0.15, 0.2) is 0 Å². The van der Waals surface area contributed by atoms with Crippen molar-refractivity contribution in [3.63, 3.8) is 0 Å². The van der Waals surface area contributed by atoms with Crippen LogP contribution in [-0.4, -0.2) is 21.0 Å². The van der Waals surface area contributed by atoms with Crippen molar-refractivity contribution in [3.05, 3.63) is 108 Å². The SMILES string of the molecule is O=C1S/C(=C\c2cc(Br)ccc2OCc2cccc([N+](=O)[O-])c2)C(=O)N1Cc1cccc(Cl)c1. The van der Waals surface area contributed by atoms with Gasteiger partial charge in [0.25, 0.3) is 16.8 Å². The first-order chi connectivity index (χ1) is 16.3. The van der Waals surface area contributed by atoms with E-state index in [2.05, 4.69) is 15.9 Å². The van der Waals surface area contributed by atoms with E-state index in [-0.39, 0.29) is 29.0 Å². The number of amides is 2. The number of ether oxygens (including phenoxy) is 1. The molecule has 3 aromatic rings. The van der Waals surface area contributed by atoms with Gasteiger partial charge in [-0.05, 0) is 59.3 Å². The Morgan fingerprint density at radius 1 is 1.06 bits per heavy atom. The number of non-ortho nitro benzene ring substituents is 1. The van der Waals surface area contributed by atoms with E-state index in [1.54, 1.807) is 60.7 Å². The van der Waals surface area contributed by atoms with Gasteiger partial charge in [0.1, 0.15) is 12.4 Å². The van der Waals surface area contributed by atoms with Crippen molar-refractivity contribution in [2.24, 2.45) is 0 Å². The summed E-state index contributed by atoms with van der Waals surface area (Å²) in [6.45, 7) is 0.220. The maximum atomic E-state index is 13.0. The Balaban J connectivity index is 1.55. The number of rotatable bonds is 7. The molecule has 1 aliphatic heterocycles. The first kappa shape index (κ1) is 24.0. The molecule has 34 heavy (non-hydrogen) atoms. The van der Waals surface area contributed by atoms with Crippen molar-refractivity contribution in [2.45, 2.75) is 13.2 Å². The highest BCUT2D eigenvalue weighted by Crippen LogP contribution is 2.36. The first-order valence-electron chi connectivity index (χ1n) is 9.95. The summed E-state index contributed by atoms with van der Waals surface area (Å²) in [5.41, 5.74) is 1.95. The van der Waals surface area contributed by atoms with Crippen molar-refractivity contribution in [3.8, 4) is 5.75 Å². The molecule has 4 rings (SSSR count). The molecule has 1 fully saturated rings. The fourth-order valence-corrected chi connectivity index (χ4v) is 4.70. The second-order valence-corrected chi connectivity index (χ2v) is 9.64. The van der Waals surface area contributed by atoms with Gasteiger partial charge in [-0.1, -0.05) is 51.8 Å². The van der Waals surface area contributed by atoms with E-state index in [9.17, 15) is 19.7 Å². The van der Waals surface area contributed by atoms with Gasteiger partial charge < -0.3 is 4.74 Å². The molecule has 0 spiro atoms. The number of benzene rings is 3. The van der Waals surface area contributed by atoms with E-state index in [1.165, 1.54) is 17.0 Å². The van der Waals surface area contributed by atoms with Gasteiger partial charge in [-0.3, -0.25) is 24.6 Å². The number of nitrogens with zero attached hydrogens (tertiary/aromatic N) is 2. The van der Waals surface area contributed by atoms with Crippen molar-refractivity contribution in [1.29, 1.82) is 0 Å². The molecule has 0 aromatic heterocycles. The Morgan fingerprint density at radius 2 is 1.82 bits per heavy atom. The zero-order valence-corrected chi connectivity index (χ0v) is 20.6. The summed E-state index contributed by atoms with van der Waals surface area (Å²) in [5, 5.41) is 11.2. The zero-order chi connectivity index (χ0) is 24.2. The summed E-state index contributed by atoms with van der Waals surface area (Å²) >= 11 is 10.3. The zero-order valence-electron chi connectivity index (χ0n) is 17.4. The summed E-state index contributed by atoms with van der Waals surface area (Å²) in [6, 6.07) is 18.5. The molecule has 0 aliphatic carbocycles. The monoisotopic (exact) mass is 558 g/mol. The number of carbonyl (C=O) groups is 2. The Hall–Kier alpha value is -3.14. The average Bonchev–Trinajstić information content (AvgIpc) is 3.06. The summed E-state index contributed by atoms with van der Waals surface area (Å²) in [6.07, 6.45) is 1.61.